The van der Waals surface area contributed by atoms with Gasteiger partial charge >= 0.3 is 0 Å². The first kappa shape index (κ1) is 13.9. The summed E-state index contributed by atoms with van der Waals surface area (Å²) in [6.45, 7) is 0.676. The average molecular weight is 321 g/mol. The fourth-order valence-corrected chi connectivity index (χ4v) is 3.57. The summed E-state index contributed by atoms with van der Waals surface area (Å²) in [4.78, 5) is 20.6. The lowest BCUT2D eigenvalue weighted by Crippen LogP contribution is -2.18. The molecule has 4 aromatic rings. The number of hydrogen-bond acceptors (Lipinski definition) is 5. The first-order valence-electron chi connectivity index (χ1n) is 7.30. The summed E-state index contributed by atoms with van der Waals surface area (Å²) in [5.74, 6) is 1.84. The average Bonchev–Trinajstić information content (AvgIpc) is 3.24. The minimum Gasteiger partial charge on any atom is -0.352 e. The van der Waals surface area contributed by atoms with E-state index < -0.39 is 0 Å². The molecule has 0 unspecified atom stereocenters. The van der Waals surface area contributed by atoms with Crippen molar-refractivity contribution in [3.63, 3.8) is 0 Å². The SMILES string of the molecule is CN(Cc1ncc[nH]1)c1ncnc2sc(-c3ccccc3)cc12. The maximum absolute atomic E-state index is 4.47. The Bertz CT molecular complexity index is 915. The summed E-state index contributed by atoms with van der Waals surface area (Å²) < 4.78 is 0. The van der Waals surface area contributed by atoms with E-state index in [1.165, 1.54) is 10.4 Å². The summed E-state index contributed by atoms with van der Waals surface area (Å²) in [5, 5.41) is 1.07. The number of fused-ring (bicyclic) bond motifs is 1. The number of aromatic nitrogens is 4. The Balaban J connectivity index is 1.74. The minimum atomic E-state index is 0.676. The van der Waals surface area contributed by atoms with Crippen molar-refractivity contribution >= 4 is 27.4 Å². The molecule has 0 aliphatic heterocycles. The number of thiophene rings is 1. The van der Waals surface area contributed by atoms with Crippen molar-refractivity contribution < 1.29 is 0 Å². The van der Waals surface area contributed by atoms with Gasteiger partial charge in [0, 0.05) is 24.3 Å². The lowest BCUT2D eigenvalue weighted by molar-refractivity contribution is 0.846. The van der Waals surface area contributed by atoms with Crippen LogP contribution in [0.2, 0.25) is 0 Å². The van der Waals surface area contributed by atoms with Gasteiger partial charge in [0.1, 0.15) is 22.8 Å². The maximum Gasteiger partial charge on any atom is 0.140 e. The lowest BCUT2D eigenvalue weighted by Gasteiger charge is -2.17. The van der Waals surface area contributed by atoms with Crippen LogP contribution in [0, 0.1) is 0 Å². The van der Waals surface area contributed by atoms with E-state index in [0.717, 1.165) is 21.9 Å². The Kier molecular flexibility index (Phi) is 3.51. The van der Waals surface area contributed by atoms with Crippen molar-refractivity contribution in [3.05, 3.63) is 60.9 Å². The molecule has 5 nitrogen and oxygen atoms in total. The van der Waals surface area contributed by atoms with E-state index in [4.69, 9.17) is 0 Å². The zero-order valence-corrected chi connectivity index (χ0v) is 13.4. The van der Waals surface area contributed by atoms with Gasteiger partial charge in [0.05, 0.1) is 11.9 Å². The van der Waals surface area contributed by atoms with Crippen molar-refractivity contribution in [2.45, 2.75) is 6.54 Å². The van der Waals surface area contributed by atoms with Gasteiger partial charge in [-0.15, -0.1) is 11.3 Å². The fourth-order valence-electron chi connectivity index (χ4n) is 2.58. The predicted octanol–water partition coefficient (Wildman–Crippen LogP) is 3.72. The third-order valence-corrected chi connectivity index (χ3v) is 4.76. The second-order valence-corrected chi connectivity index (χ2v) is 6.32. The topological polar surface area (TPSA) is 57.7 Å². The highest BCUT2D eigenvalue weighted by Gasteiger charge is 2.13. The van der Waals surface area contributed by atoms with Crippen LogP contribution in [0.1, 0.15) is 5.82 Å². The third-order valence-electron chi connectivity index (χ3n) is 3.67. The van der Waals surface area contributed by atoms with E-state index >= 15 is 0 Å². The van der Waals surface area contributed by atoms with Gasteiger partial charge in [0.25, 0.3) is 0 Å². The van der Waals surface area contributed by atoms with E-state index in [-0.39, 0.29) is 0 Å². The van der Waals surface area contributed by atoms with Crippen LogP contribution in [-0.4, -0.2) is 27.0 Å². The number of nitrogens with one attached hydrogen (secondary N) is 1. The van der Waals surface area contributed by atoms with Crippen molar-refractivity contribution in [1.82, 2.24) is 19.9 Å². The molecular formula is C17H15N5S. The Labute approximate surface area is 137 Å². The normalized spacial score (nSPS) is 11.0. The predicted molar refractivity (Wildman–Crippen MR) is 93.5 cm³/mol. The van der Waals surface area contributed by atoms with Crippen molar-refractivity contribution in [3.8, 4) is 10.4 Å². The van der Waals surface area contributed by atoms with Gasteiger partial charge in [0.15, 0.2) is 0 Å². The second-order valence-electron chi connectivity index (χ2n) is 5.28. The summed E-state index contributed by atoms with van der Waals surface area (Å²) in [5.41, 5.74) is 1.20. The molecule has 1 aromatic carbocycles. The molecule has 0 amide bonds. The molecule has 0 spiro atoms. The third kappa shape index (κ3) is 2.68. The molecule has 0 radical (unpaired) electrons. The van der Waals surface area contributed by atoms with Crippen LogP contribution in [0.25, 0.3) is 20.7 Å². The van der Waals surface area contributed by atoms with Crippen LogP contribution in [0.4, 0.5) is 5.82 Å². The van der Waals surface area contributed by atoms with Gasteiger partial charge in [0.2, 0.25) is 0 Å². The molecule has 3 aromatic heterocycles. The molecule has 23 heavy (non-hydrogen) atoms. The van der Waals surface area contributed by atoms with Gasteiger partial charge < -0.3 is 9.88 Å². The van der Waals surface area contributed by atoms with E-state index in [0.29, 0.717) is 6.54 Å². The Morgan fingerprint density at radius 1 is 1.13 bits per heavy atom. The number of H-pyrrole nitrogens is 1. The quantitative estimate of drug-likeness (QED) is 0.622. The lowest BCUT2D eigenvalue weighted by atomic mass is 10.2. The van der Waals surface area contributed by atoms with Gasteiger partial charge in [-0.3, -0.25) is 0 Å². The smallest absolute Gasteiger partial charge is 0.140 e. The molecule has 0 aliphatic carbocycles. The van der Waals surface area contributed by atoms with Crippen LogP contribution in [0.5, 0.6) is 0 Å². The van der Waals surface area contributed by atoms with Gasteiger partial charge in [-0.25, -0.2) is 15.0 Å². The number of aromatic amines is 1. The molecule has 114 valence electrons. The number of imidazole rings is 1. The molecule has 4 rings (SSSR count). The highest BCUT2D eigenvalue weighted by atomic mass is 32.1. The van der Waals surface area contributed by atoms with Crippen LogP contribution >= 0.6 is 11.3 Å². The van der Waals surface area contributed by atoms with Crippen molar-refractivity contribution in [1.29, 1.82) is 0 Å². The van der Waals surface area contributed by atoms with Crippen molar-refractivity contribution in [2.75, 3.05) is 11.9 Å². The number of rotatable bonds is 4. The van der Waals surface area contributed by atoms with Gasteiger partial charge in [-0.1, -0.05) is 30.3 Å². The summed E-state index contributed by atoms with van der Waals surface area (Å²) in [7, 11) is 2.02. The maximum atomic E-state index is 4.47. The largest absolute Gasteiger partial charge is 0.352 e. The van der Waals surface area contributed by atoms with Crippen LogP contribution in [-0.2, 0) is 6.54 Å². The molecule has 3 heterocycles. The monoisotopic (exact) mass is 321 g/mol. The highest BCUT2D eigenvalue weighted by Crippen LogP contribution is 2.35. The standard InChI is InChI=1S/C17H15N5S/c1-22(10-15-18-7-8-19-15)16-13-9-14(12-5-3-2-4-6-12)23-17(13)21-11-20-16/h2-9,11H,10H2,1H3,(H,18,19). The minimum absolute atomic E-state index is 0.676. The number of benzene rings is 1. The zero-order valence-electron chi connectivity index (χ0n) is 12.6. The summed E-state index contributed by atoms with van der Waals surface area (Å²) >= 11 is 1.69. The Hall–Kier alpha value is -2.73. The van der Waals surface area contributed by atoms with Crippen molar-refractivity contribution in [2.24, 2.45) is 0 Å². The first-order chi connectivity index (χ1) is 11.3. The van der Waals surface area contributed by atoms with Crippen LogP contribution in [0.3, 0.4) is 0 Å². The first-order valence-corrected chi connectivity index (χ1v) is 8.12. The van der Waals surface area contributed by atoms with Gasteiger partial charge in [-0.2, -0.15) is 0 Å². The number of nitrogens with zero attached hydrogens (tertiary/aromatic N) is 4. The Morgan fingerprint density at radius 2 is 2.00 bits per heavy atom. The molecular weight excluding hydrogens is 306 g/mol. The van der Waals surface area contributed by atoms with E-state index in [9.17, 15) is 0 Å². The van der Waals surface area contributed by atoms with E-state index in [1.807, 2.05) is 19.3 Å². The molecule has 0 aliphatic rings. The number of anilines is 1. The molecule has 0 atom stereocenters. The summed E-state index contributed by atoms with van der Waals surface area (Å²) in [6, 6.07) is 12.5. The number of hydrogen-bond donors (Lipinski definition) is 1. The van der Waals surface area contributed by atoms with Crippen LogP contribution in [0.15, 0.2) is 55.1 Å². The second kappa shape index (κ2) is 5.81. The fraction of sp³-hybridized carbons (Fsp3) is 0.118. The molecule has 1 N–H and O–H groups in total. The van der Waals surface area contributed by atoms with E-state index in [2.05, 4.69) is 55.2 Å². The highest BCUT2D eigenvalue weighted by molar-refractivity contribution is 7.21. The molecule has 0 fully saturated rings. The zero-order chi connectivity index (χ0) is 15.6. The van der Waals surface area contributed by atoms with E-state index in [1.54, 1.807) is 23.9 Å². The van der Waals surface area contributed by atoms with Gasteiger partial charge in [-0.05, 0) is 11.6 Å². The van der Waals surface area contributed by atoms with Crippen LogP contribution < -0.4 is 4.90 Å². The molecule has 0 bridgehead atoms. The Morgan fingerprint density at radius 3 is 2.78 bits per heavy atom. The molecule has 6 heteroatoms. The molecule has 0 saturated carbocycles. The summed E-state index contributed by atoms with van der Waals surface area (Å²) in [6.07, 6.45) is 5.22. The molecule has 0 saturated heterocycles.